The van der Waals surface area contributed by atoms with Crippen molar-refractivity contribution in [1.82, 2.24) is 15.3 Å². The number of ether oxygens (including phenoxy) is 1. The highest BCUT2D eigenvalue weighted by atomic mass is 16.5. The quantitative estimate of drug-likeness (QED) is 0.744. The van der Waals surface area contributed by atoms with Gasteiger partial charge in [-0.2, -0.15) is 0 Å². The Balaban J connectivity index is 1.68. The second-order valence-corrected chi connectivity index (χ2v) is 4.07. The number of aromatic amines is 1. The summed E-state index contributed by atoms with van der Waals surface area (Å²) in [5, 5.41) is 3.45. The van der Waals surface area contributed by atoms with E-state index in [1.54, 1.807) is 0 Å². The topological polar surface area (TPSA) is 49.9 Å². The first-order chi connectivity index (χ1) is 6.92. The molecule has 1 fully saturated rings. The van der Waals surface area contributed by atoms with Crippen molar-refractivity contribution < 1.29 is 4.74 Å². The fraction of sp³-hybridized carbons (Fsp3) is 0.700. The van der Waals surface area contributed by atoms with Gasteiger partial charge in [-0.15, -0.1) is 0 Å². The maximum atomic E-state index is 5.36. The lowest BCUT2D eigenvalue weighted by Crippen LogP contribution is -2.16. The Labute approximate surface area is 83.1 Å². The average Bonchev–Trinajstić information content (AvgIpc) is 2.94. The molecule has 0 spiro atoms. The van der Waals surface area contributed by atoms with Gasteiger partial charge in [-0.05, 0) is 12.8 Å². The van der Waals surface area contributed by atoms with Crippen molar-refractivity contribution in [3.63, 3.8) is 0 Å². The third-order valence-electron chi connectivity index (χ3n) is 2.78. The monoisotopic (exact) mass is 193 g/mol. The van der Waals surface area contributed by atoms with Gasteiger partial charge in [0, 0.05) is 12.5 Å². The first kappa shape index (κ1) is 8.44. The van der Waals surface area contributed by atoms with E-state index in [1.807, 2.05) is 0 Å². The predicted molar refractivity (Wildman–Crippen MR) is 51.8 cm³/mol. The number of fused-ring (bicyclic) bond motifs is 1. The lowest BCUT2D eigenvalue weighted by atomic mass is 10.2. The Hall–Kier alpha value is -0.870. The molecule has 0 atom stereocenters. The van der Waals surface area contributed by atoms with Gasteiger partial charge in [0.25, 0.3) is 0 Å². The van der Waals surface area contributed by atoms with E-state index in [1.165, 1.54) is 24.2 Å². The number of hydrogen-bond donors (Lipinski definition) is 2. The zero-order valence-corrected chi connectivity index (χ0v) is 8.18. The Morgan fingerprint density at radius 1 is 1.50 bits per heavy atom. The van der Waals surface area contributed by atoms with Crippen LogP contribution in [0.2, 0.25) is 0 Å². The van der Waals surface area contributed by atoms with E-state index in [-0.39, 0.29) is 0 Å². The van der Waals surface area contributed by atoms with Crippen molar-refractivity contribution in [3.8, 4) is 0 Å². The predicted octanol–water partition coefficient (Wildman–Crippen LogP) is 0.734. The zero-order valence-electron chi connectivity index (χ0n) is 8.18. The van der Waals surface area contributed by atoms with Gasteiger partial charge >= 0.3 is 0 Å². The Morgan fingerprint density at radius 3 is 3.21 bits per heavy atom. The van der Waals surface area contributed by atoms with Gasteiger partial charge < -0.3 is 15.0 Å². The SMILES string of the molecule is C1Cc2nc(CNC3CC3)[nH]c2CO1. The fourth-order valence-corrected chi connectivity index (χ4v) is 1.79. The van der Waals surface area contributed by atoms with E-state index in [0.717, 1.165) is 31.4 Å². The van der Waals surface area contributed by atoms with Crippen molar-refractivity contribution >= 4 is 0 Å². The molecule has 1 saturated carbocycles. The molecule has 2 N–H and O–H groups in total. The Bertz CT molecular complexity index is 307. The third-order valence-corrected chi connectivity index (χ3v) is 2.78. The standard InChI is InChI=1S/C10H15N3O/c1-2-7(1)11-5-10-12-8-3-4-14-6-9(8)13-10/h7,11H,1-6H2,(H,12,13). The summed E-state index contributed by atoms with van der Waals surface area (Å²) in [6.45, 7) is 2.39. The van der Waals surface area contributed by atoms with E-state index in [0.29, 0.717) is 6.61 Å². The molecule has 0 amide bonds. The minimum Gasteiger partial charge on any atom is -0.375 e. The van der Waals surface area contributed by atoms with E-state index in [4.69, 9.17) is 4.74 Å². The smallest absolute Gasteiger partial charge is 0.120 e. The van der Waals surface area contributed by atoms with Gasteiger partial charge in [-0.3, -0.25) is 0 Å². The van der Waals surface area contributed by atoms with Gasteiger partial charge in [0.05, 0.1) is 31.1 Å². The molecule has 76 valence electrons. The molecule has 4 nitrogen and oxygen atoms in total. The molecule has 0 unspecified atom stereocenters. The number of nitrogens with zero attached hydrogens (tertiary/aromatic N) is 1. The molecule has 1 aromatic heterocycles. The molecular weight excluding hydrogens is 178 g/mol. The molecule has 0 saturated heterocycles. The summed E-state index contributed by atoms with van der Waals surface area (Å²) in [6.07, 6.45) is 3.60. The molecule has 1 aliphatic carbocycles. The second-order valence-electron chi connectivity index (χ2n) is 4.07. The number of imidazole rings is 1. The molecule has 1 aliphatic heterocycles. The van der Waals surface area contributed by atoms with Crippen molar-refractivity contribution in [2.24, 2.45) is 0 Å². The molecule has 3 rings (SSSR count). The third kappa shape index (κ3) is 1.67. The summed E-state index contributed by atoms with van der Waals surface area (Å²) >= 11 is 0. The highest BCUT2D eigenvalue weighted by Gasteiger charge is 2.21. The Kier molecular flexibility index (Phi) is 2.03. The highest BCUT2D eigenvalue weighted by molar-refractivity contribution is 5.16. The first-order valence-electron chi connectivity index (χ1n) is 5.29. The van der Waals surface area contributed by atoms with Gasteiger partial charge in [0.2, 0.25) is 0 Å². The minimum atomic E-state index is 0.700. The summed E-state index contributed by atoms with van der Waals surface area (Å²) in [5.41, 5.74) is 2.37. The number of rotatable bonds is 3. The van der Waals surface area contributed by atoms with Crippen LogP contribution in [0, 0.1) is 0 Å². The van der Waals surface area contributed by atoms with Crippen LogP contribution in [0.25, 0.3) is 0 Å². The van der Waals surface area contributed by atoms with Crippen LogP contribution in [0.15, 0.2) is 0 Å². The molecule has 14 heavy (non-hydrogen) atoms. The molecule has 0 bridgehead atoms. The van der Waals surface area contributed by atoms with Crippen LogP contribution < -0.4 is 5.32 Å². The summed E-state index contributed by atoms with van der Waals surface area (Å²) in [7, 11) is 0. The van der Waals surface area contributed by atoms with Crippen LogP contribution in [0.1, 0.15) is 30.1 Å². The van der Waals surface area contributed by atoms with E-state index in [2.05, 4.69) is 15.3 Å². The fourth-order valence-electron chi connectivity index (χ4n) is 1.79. The average molecular weight is 193 g/mol. The van der Waals surface area contributed by atoms with E-state index < -0.39 is 0 Å². The maximum Gasteiger partial charge on any atom is 0.120 e. The molecule has 4 heteroatoms. The second kappa shape index (κ2) is 3.37. The van der Waals surface area contributed by atoms with Crippen LogP contribution in [-0.2, 0) is 24.3 Å². The summed E-state index contributed by atoms with van der Waals surface area (Å²) < 4.78 is 5.36. The number of aromatic nitrogens is 2. The molecule has 0 radical (unpaired) electrons. The number of hydrogen-bond acceptors (Lipinski definition) is 3. The lowest BCUT2D eigenvalue weighted by Gasteiger charge is -2.09. The molecule has 1 aromatic rings. The number of H-pyrrole nitrogens is 1. The van der Waals surface area contributed by atoms with Gasteiger partial charge in [-0.1, -0.05) is 0 Å². The van der Waals surface area contributed by atoms with E-state index in [9.17, 15) is 0 Å². The summed E-state index contributed by atoms with van der Waals surface area (Å²) in [5.74, 6) is 1.06. The van der Waals surface area contributed by atoms with Crippen LogP contribution in [0.5, 0.6) is 0 Å². The van der Waals surface area contributed by atoms with Crippen molar-refractivity contribution in [1.29, 1.82) is 0 Å². The molecule has 2 heterocycles. The van der Waals surface area contributed by atoms with Crippen LogP contribution >= 0.6 is 0 Å². The van der Waals surface area contributed by atoms with Crippen LogP contribution in [-0.4, -0.2) is 22.6 Å². The van der Waals surface area contributed by atoms with Gasteiger partial charge in [0.1, 0.15) is 5.82 Å². The van der Waals surface area contributed by atoms with Crippen LogP contribution in [0.3, 0.4) is 0 Å². The normalized spacial score (nSPS) is 20.9. The maximum absolute atomic E-state index is 5.36. The first-order valence-corrected chi connectivity index (χ1v) is 5.29. The summed E-state index contributed by atoms with van der Waals surface area (Å²) in [6, 6.07) is 0.744. The van der Waals surface area contributed by atoms with Crippen molar-refractivity contribution in [3.05, 3.63) is 17.2 Å². The molecular formula is C10H15N3O. The highest BCUT2D eigenvalue weighted by Crippen LogP contribution is 2.19. The molecule has 0 aromatic carbocycles. The largest absolute Gasteiger partial charge is 0.375 e. The number of nitrogens with one attached hydrogen (secondary N) is 2. The van der Waals surface area contributed by atoms with Gasteiger partial charge in [-0.25, -0.2) is 4.98 Å². The van der Waals surface area contributed by atoms with Crippen molar-refractivity contribution in [2.45, 2.75) is 38.5 Å². The van der Waals surface area contributed by atoms with Crippen molar-refractivity contribution in [2.75, 3.05) is 6.61 Å². The molecule has 2 aliphatic rings. The van der Waals surface area contributed by atoms with E-state index >= 15 is 0 Å². The minimum absolute atomic E-state index is 0.700. The zero-order chi connectivity index (χ0) is 9.38. The van der Waals surface area contributed by atoms with Gasteiger partial charge in [0.15, 0.2) is 0 Å². The Morgan fingerprint density at radius 2 is 2.43 bits per heavy atom. The lowest BCUT2D eigenvalue weighted by molar-refractivity contribution is 0.107. The van der Waals surface area contributed by atoms with Crippen LogP contribution in [0.4, 0.5) is 0 Å². The summed E-state index contributed by atoms with van der Waals surface area (Å²) in [4.78, 5) is 7.87.